The highest BCUT2D eigenvalue weighted by Gasteiger charge is 2.26. The maximum absolute atomic E-state index is 13.0. The molecule has 0 aliphatic carbocycles. The number of ether oxygens (including phenoxy) is 1. The van der Waals surface area contributed by atoms with Crippen molar-refractivity contribution in [1.29, 1.82) is 0 Å². The molecule has 2 aromatic carbocycles. The number of piperazine rings is 1. The molecule has 0 unspecified atom stereocenters. The minimum atomic E-state index is -0.0799. The van der Waals surface area contributed by atoms with Gasteiger partial charge in [0.05, 0.1) is 17.3 Å². The first-order valence-corrected chi connectivity index (χ1v) is 10.8. The number of para-hydroxylation sites is 1. The predicted octanol–water partition coefficient (Wildman–Crippen LogP) is 4.63. The lowest BCUT2D eigenvalue weighted by atomic mass is 10.1. The van der Waals surface area contributed by atoms with Gasteiger partial charge in [-0.25, -0.2) is 4.98 Å². The van der Waals surface area contributed by atoms with Gasteiger partial charge in [0, 0.05) is 31.6 Å². The number of hydrogen-bond acceptors (Lipinski definition) is 6. The van der Waals surface area contributed by atoms with E-state index in [0.29, 0.717) is 30.2 Å². The average molecular weight is 422 g/mol. The molecule has 0 N–H and O–H groups in total. The summed E-state index contributed by atoms with van der Waals surface area (Å²) in [5.74, 6) is 0.912. The Bertz CT molecular complexity index is 1250. The summed E-state index contributed by atoms with van der Waals surface area (Å²) >= 11 is 1.72. The zero-order valence-corrected chi connectivity index (χ0v) is 18.1. The molecule has 1 fully saturated rings. The Hall–Kier alpha value is -3.06. The van der Waals surface area contributed by atoms with Crippen LogP contribution in [0.15, 0.2) is 40.8 Å². The highest BCUT2D eigenvalue weighted by Crippen LogP contribution is 2.33. The number of amides is 1. The molecule has 0 atom stereocenters. The topological polar surface area (TPSA) is 58.8 Å². The van der Waals surface area contributed by atoms with Gasteiger partial charge in [-0.3, -0.25) is 4.79 Å². The van der Waals surface area contributed by atoms with Gasteiger partial charge in [-0.15, -0.1) is 0 Å². The molecule has 6 nitrogen and oxygen atoms in total. The van der Waals surface area contributed by atoms with Crippen molar-refractivity contribution in [2.24, 2.45) is 0 Å². The van der Waals surface area contributed by atoms with Crippen LogP contribution in [0, 0.1) is 13.8 Å². The van der Waals surface area contributed by atoms with Crippen LogP contribution in [-0.4, -0.2) is 49.1 Å². The lowest BCUT2D eigenvalue weighted by Crippen LogP contribution is -2.48. The molecule has 1 amide bonds. The Labute approximate surface area is 178 Å². The van der Waals surface area contributed by atoms with Crippen LogP contribution >= 0.6 is 11.3 Å². The summed E-state index contributed by atoms with van der Waals surface area (Å²) in [5, 5.41) is 1.90. The molecule has 5 rings (SSSR count). The zero-order chi connectivity index (χ0) is 20.8. The number of thiazole rings is 1. The molecule has 2 aromatic heterocycles. The SMILES string of the molecule is COc1cccc2cc(C(=O)N3CCN(c4nc5c(C)c(C)ccc5s4)CC3)oc12. The maximum Gasteiger partial charge on any atom is 0.289 e. The van der Waals surface area contributed by atoms with E-state index in [4.69, 9.17) is 14.1 Å². The molecular weight excluding hydrogens is 398 g/mol. The molecule has 1 aliphatic heterocycles. The standard InChI is InChI=1S/C23H23N3O3S/c1-14-7-8-19-20(15(14)2)24-23(30-19)26-11-9-25(10-12-26)22(27)18-13-16-5-4-6-17(28-3)21(16)29-18/h4-8,13H,9-12H2,1-3H3. The van der Waals surface area contributed by atoms with Crippen molar-refractivity contribution < 1.29 is 13.9 Å². The molecule has 7 heteroatoms. The fraction of sp³-hybridized carbons (Fsp3) is 0.304. The maximum atomic E-state index is 13.0. The smallest absolute Gasteiger partial charge is 0.289 e. The Morgan fingerprint density at radius 1 is 1.13 bits per heavy atom. The van der Waals surface area contributed by atoms with Gasteiger partial charge in [0.25, 0.3) is 5.91 Å². The summed E-state index contributed by atoms with van der Waals surface area (Å²) < 4.78 is 12.4. The number of benzene rings is 2. The van der Waals surface area contributed by atoms with Crippen LogP contribution in [0.1, 0.15) is 21.7 Å². The number of methoxy groups -OCH3 is 1. The van der Waals surface area contributed by atoms with Crippen LogP contribution in [0.4, 0.5) is 5.13 Å². The molecule has 30 heavy (non-hydrogen) atoms. The average Bonchev–Trinajstić information content (AvgIpc) is 3.40. The van der Waals surface area contributed by atoms with Crippen molar-refractivity contribution in [3.05, 3.63) is 53.3 Å². The molecule has 0 spiro atoms. The molecule has 3 heterocycles. The Morgan fingerprint density at radius 2 is 1.93 bits per heavy atom. The normalized spacial score (nSPS) is 14.6. The van der Waals surface area contributed by atoms with Crippen molar-refractivity contribution in [2.45, 2.75) is 13.8 Å². The Morgan fingerprint density at radius 3 is 2.70 bits per heavy atom. The number of aryl methyl sites for hydroxylation is 2. The first-order valence-electron chi connectivity index (χ1n) is 10.0. The second-order valence-electron chi connectivity index (χ2n) is 7.62. The number of nitrogens with zero attached hydrogens (tertiary/aromatic N) is 3. The molecule has 0 saturated carbocycles. The van der Waals surface area contributed by atoms with Crippen molar-refractivity contribution in [2.75, 3.05) is 38.2 Å². The second kappa shape index (κ2) is 7.32. The van der Waals surface area contributed by atoms with E-state index in [2.05, 4.69) is 30.9 Å². The third-order valence-corrected chi connectivity index (χ3v) is 6.93. The first kappa shape index (κ1) is 18.9. The number of carbonyl (C=O) groups is 1. The second-order valence-corrected chi connectivity index (χ2v) is 8.63. The first-order chi connectivity index (χ1) is 14.5. The monoisotopic (exact) mass is 421 g/mol. The fourth-order valence-electron chi connectivity index (χ4n) is 3.91. The third kappa shape index (κ3) is 3.10. The highest BCUT2D eigenvalue weighted by molar-refractivity contribution is 7.22. The zero-order valence-electron chi connectivity index (χ0n) is 17.3. The molecule has 4 aromatic rings. The van der Waals surface area contributed by atoms with Crippen LogP contribution < -0.4 is 9.64 Å². The van der Waals surface area contributed by atoms with Crippen molar-refractivity contribution in [3.8, 4) is 5.75 Å². The number of carbonyl (C=O) groups excluding carboxylic acids is 1. The van der Waals surface area contributed by atoms with Gasteiger partial charge in [0.1, 0.15) is 0 Å². The lowest BCUT2D eigenvalue weighted by Gasteiger charge is -2.34. The summed E-state index contributed by atoms with van der Waals surface area (Å²) in [6, 6.07) is 11.7. The van der Waals surface area contributed by atoms with Crippen molar-refractivity contribution in [1.82, 2.24) is 9.88 Å². The van der Waals surface area contributed by atoms with Crippen LogP contribution in [0.2, 0.25) is 0 Å². The van der Waals surface area contributed by atoms with E-state index >= 15 is 0 Å². The molecule has 0 radical (unpaired) electrons. The van der Waals surface area contributed by atoms with Gasteiger partial charge in [-0.1, -0.05) is 29.5 Å². The van der Waals surface area contributed by atoms with E-state index < -0.39 is 0 Å². The van der Waals surface area contributed by atoms with Gasteiger partial charge in [-0.05, 0) is 43.2 Å². The Kier molecular flexibility index (Phi) is 4.62. The fourth-order valence-corrected chi connectivity index (χ4v) is 4.99. The molecule has 0 bridgehead atoms. The van der Waals surface area contributed by atoms with E-state index in [1.165, 1.54) is 15.8 Å². The van der Waals surface area contributed by atoms with E-state index in [1.807, 2.05) is 23.1 Å². The summed E-state index contributed by atoms with van der Waals surface area (Å²) in [7, 11) is 1.60. The van der Waals surface area contributed by atoms with E-state index in [-0.39, 0.29) is 5.91 Å². The van der Waals surface area contributed by atoms with Crippen LogP contribution in [-0.2, 0) is 0 Å². The summed E-state index contributed by atoms with van der Waals surface area (Å²) in [6.07, 6.45) is 0. The van der Waals surface area contributed by atoms with Gasteiger partial charge in [0.15, 0.2) is 22.2 Å². The van der Waals surface area contributed by atoms with Gasteiger partial charge in [-0.2, -0.15) is 0 Å². The third-order valence-electron chi connectivity index (χ3n) is 5.85. The van der Waals surface area contributed by atoms with Crippen LogP contribution in [0.3, 0.4) is 0 Å². The number of aromatic nitrogens is 1. The molecular formula is C23H23N3O3S. The van der Waals surface area contributed by atoms with Crippen molar-refractivity contribution in [3.63, 3.8) is 0 Å². The minimum Gasteiger partial charge on any atom is -0.493 e. The number of rotatable bonds is 3. The Balaban J connectivity index is 1.32. The van der Waals surface area contributed by atoms with Crippen molar-refractivity contribution >= 4 is 43.6 Å². The molecule has 154 valence electrons. The van der Waals surface area contributed by atoms with E-state index in [1.54, 1.807) is 24.5 Å². The number of hydrogen-bond donors (Lipinski definition) is 0. The lowest BCUT2D eigenvalue weighted by molar-refractivity contribution is 0.0717. The van der Waals surface area contributed by atoms with Crippen LogP contribution in [0.25, 0.3) is 21.2 Å². The highest BCUT2D eigenvalue weighted by atomic mass is 32.1. The van der Waals surface area contributed by atoms with Crippen LogP contribution in [0.5, 0.6) is 5.75 Å². The number of anilines is 1. The van der Waals surface area contributed by atoms with E-state index in [9.17, 15) is 4.79 Å². The number of fused-ring (bicyclic) bond motifs is 2. The molecule has 1 aliphatic rings. The predicted molar refractivity (Wildman–Crippen MR) is 120 cm³/mol. The largest absolute Gasteiger partial charge is 0.493 e. The van der Waals surface area contributed by atoms with Gasteiger partial charge in [0.2, 0.25) is 0 Å². The van der Waals surface area contributed by atoms with Gasteiger partial charge < -0.3 is 19.0 Å². The molecule has 1 saturated heterocycles. The minimum absolute atomic E-state index is 0.0799. The quantitative estimate of drug-likeness (QED) is 0.483. The summed E-state index contributed by atoms with van der Waals surface area (Å²) in [6.45, 7) is 7.04. The van der Waals surface area contributed by atoms with Gasteiger partial charge >= 0.3 is 0 Å². The number of furan rings is 1. The summed E-state index contributed by atoms with van der Waals surface area (Å²) in [4.78, 5) is 22.0. The summed E-state index contributed by atoms with van der Waals surface area (Å²) in [5.41, 5.74) is 4.20. The van der Waals surface area contributed by atoms with E-state index in [0.717, 1.165) is 29.1 Å².